The van der Waals surface area contributed by atoms with E-state index in [0.717, 1.165) is 36.7 Å². The summed E-state index contributed by atoms with van der Waals surface area (Å²) in [5, 5.41) is 3.34. The molecule has 2 aromatic heterocycles. The second-order valence-electron chi connectivity index (χ2n) is 6.99. The lowest BCUT2D eigenvalue weighted by Gasteiger charge is -2.21. The first kappa shape index (κ1) is 16.9. The molecule has 0 radical (unpaired) electrons. The van der Waals surface area contributed by atoms with Crippen LogP contribution >= 0.6 is 11.6 Å². The van der Waals surface area contributed by atoms with Crippen molar-refractivity contribution in [2.45, 2.75) is 46.1 Å². The van der Waals surface area contributed by atoms with Gasteiger partial charge in [-0.05, 0) is 62.5 Å². The topological polar surface area (TPSA) is 21.1 Å². The zero-order chi connectivity index (χ0) is 17.4. The normalized spacial score (nSPS) is 14.6. The highest BCUT2D eigenvalue weighted by Crippen LogP contribution is 2.36. The lowest BCUT2D eigenvalue weighted by atomic mass is 9.96. The number of fused-ring (bicyclic) bond motifs is 5. The smallest absolute Gasteiger partial charge is 0.0738 e. The first-order valence-corrected chi connectivity index (χ1v) is 9.91. The Morgan fingerprint density at radius 2 is 1.92 bits per heavy atom. The second-order valence-corrected chi connectivity index (χ2v) is 7.43. The first-order valence-electron chi connectivity index (χ1n) is 9.53. The molecular formula is C21H26ClN3. The summed E-state index contributed by atoms with van der Waals surface area (Å²) in [6, 6.07) is 6.12. The predicted octanol–water partition coefficient (Wildman–Crippen LogP) is 5.06. The van der Waals surface area contributed by atoms with Gasteiger partial charge < -0.3 is 9.47 Å². The molecule has 1 aliphatic rings. The Hall–Kier alpha value is -1.58. The fraction of sp³-hybridized carbons (Fsp3) is 0.476. The minimum Gasteiger partial charge on any atom is -0.342 e. The van der Waals surface area contributed by atoms with E-state index in [1.807, 2.05) is 12.1 Å². The first-order chi connectivity index (χ1) is 12.2. The molecule has 0 saturated heterocycles. The largest absolute Gasteiger partial charge is 0.342 e. The Kier molecular flexibility index (Phi) is 4.70. The van der Waals surface area contributed by atoms with Crippen molar-refractivity contribution in [1.82, 2.24) is 14.5 Å². The maximum atomic E-state index is 6.20. The van der Waals surface area contributed by atoms with Crippen molar-refractivity contribution < 1.29 is 0 Å². The highest BCUT2D eigenvalue weighted by atomic mass is 35.5. The summed E-state index contributed by atoms with van der Waals surface area (Å²) in [6.07, 6.45) is 7.04. The summed E-state index contributed by atoms with van der Waals surface area (Å²) < 4.78 is 2.58. The highest BCUT2D eigenvalue weighted by molar-refractivity contribution is 6.31. The van der Waals surface area contributed by atoms with Gasteiger partial charge in [-0.25, -0.2) is 0 Å². The number of hydrogen-bond donors (Lipinski definition) is 0. The fourth-order valence-electron chi connectivity index (χ4n) is 4.30. The van der Waals surface area contributed by atoms with Crippen LogP contribution in [0, 0.1) is 0 Å². The number of aromatic nitrogens is 2. The average molecular weight is 356 g/mol. The Morgan fingerprint density at radius 3 is 2.72 bits per heavy atom. The summed E-state index contributed by atoms with van der Waals surface area (Å²) in [7, 11) is 0. The molecule has 4 rings (SSSR count). The van der Waals surface area contributed by atoms with Crippen LogP contribution in [0.4, 0.5) is 0 Å². The number of halogens is 1. The van der Waals surface area contributed by atoms with Crippen LogP contribution in [0.1, 0.15) is 37.9 Å². The van der Waals surface area contributed by atoms with Crippen molar-refractivity contribution in [2.24, 2.45) is 0 Å². The van der Waals surface area contributed by atoms with Crippen LogP contribution in [0.5, 0.6) is 0 Å². The summed E-state index contributed by atoms with van der Waals surface area (Å²) in [5.41, 5.74) is 5.43. The van der Waals surface area contributed by atoms with Crippen molar-refractivity contribution in [3.05, 3.63) is 40.7 Å². The van der Waals surface area contributed by atoms with Crippen LogP contribution in [0.25, 0.3) is 21.8 Å². The van der Waals surface area contributed by atoms with Gasteiger partial charge >= 0.3 is 0 Å². The molecule has 0 fully saturated rings. The van der Waals surface area contributed by atoms with Gasteiger partial charge in [0.2, 0.25) is 0 Å². The maximum Gasteiger partial charge on any atom is 0.0738 e. The van der Waals surface area contributed by atoms with Gasteiger partial charge in [0, 0.05) is 40.8 Å². The Morgan fingerprint density at radius 1 is 1.12 bits per heavy atom. The van der Waals surface area contributed by atoms with E-state index in [2.05, 4.69) is 35.6 Å². The van der Waals surface area contributed by atoms with E-state index in [0.29, 0.717) is 0 Å². The van der Waals surface area contributed by atoms with E-state index in [1.165, 1.54) is 53.2 Å². The molecule has 1 aromatic carbocycles. The molecule has 3 aromatic rings. The SMILES string of the molecule is CCN(CC)CCn1c2c(c3cnc4cc(Cl)ccc4c31)CCCC2. The Balaban J connectivity index is 1.91. The number of hydrogen-bond acceptors (Lipinski definition) is 2. The third-order valence-corrected chi connectivity index (χ3v) is 5.93. The number of likely N-dealkylation sites (N-methyl/N-ethyl adjacent to an activating group) is 1. The molecule has 3 nitrogen and oxygen atoms in total. The number of aryl methyl sites for hydroxylation is 1. The number of rotatable bonds is 5. The van der Waals surface area contributed by atoms with E-state index in [-0.39, 0.29) is 0 Å². The minimum atomic E-state index is 0.755. The quantitative estimate of drug-likeness (QED) is 0.637. The van der Waals surface area contributed by atoms with E-state index in [4.69, 9.17) is 16.6 Å². The molecule has 0 unspecified atom stereocenters. The molecule has 0 bridgehead atoms. The van der Waals surface area contributed by atoms with Gasteiger partial charge in [-0.15, -0.1) is 0 Å². The molecular weight excluding hydrogens is 330 g/mol. The molecule has 0 atom stereocenters. The molecule has 0 amide bonds. The van der Waals surface area contributed by atoms with Gasteiger partial charge in [0.15, 0.2) is 0 Å². The third kappa shape index (κ3) is 2.94. The van der Waals surface area contributed by atoms with Gasteiger partial charge in [0.05, 0.1) is 11.0 Å². The average Bonchev–Trinajstić information content (AvgIpc) is 2.96. The van der Waals surface area contributed by atoms with Crippen LogP contribution in [-0.4, -0.2) is 34.1 Å². The molecule has 1 aliphatic carbocycles. The molecule has 132 valence electrons. The standard InChI is InChI=1S/C21H26ClN3/c1-3-24(4-2)11-12-25-20-8-6-5-7-16(20)18-14-23-19-13-15(22)9-10-17(19)21(18)25/h9-10,13-14H,3-8,11-12H2,1-2H3. The van der Waals surface area contributed by atoms with E-state index in [1.54, 1.807) is 0 Å². The van der Waals surface area contributed by atoms with E-state index >= 15 is 0 Å². The summed E-state index contributed by atoms with van der Waals surface area (Å²) >= 11 is 6.20. The Bertz CT molecular complexity index is 909. The molecule has 0 aliphatic heterocycles. The van der Waals surface area contributed by atoms with Crippen LogP contribution in [-0.2, 0) is 19.4 Å². The van der Waals surface area contributed by atoms with E-state index < -0.39 is 0 Å². The van der Waals surface area contributed by atoms with Crippen molar-refractivity contribution in [3.8, 4) is 0 Å². The molecule has 2 heterocycles. The van der Waals surface area contributed by atoms with E-state index in [9.17, 15) is 0 Å². The minimum absolute atomic E-state index is 0.755. The van der Waals surface area contributed by atoms with Gasteiger partial charge in [-0.1, -0.05) is 25.4 Å². The molecule has 0 spiro atoms. The van der Waals surface area contributed by atoms with Crippen molar-refractivity contribution in [3.63, 3.8) is 0 Å². The van der Waals surface area contributed by atoms with Gasteiger partial charge in [0.25, 0.3) is 0 Å². The van der Waals surface area contributed by atoms with Crippen LogP contribution in [0.3, 0.4) is 0 Å². The van der Waals surface area contributed by atoms with Crippen LogP contribution in [0.15, 0.2) is 24.4 Å². The van der Waals surface area contributed by atoms with Crippen molar-refractivity contribution in [2.75, 3.05) is 19.6 Å². The lowest BCUT2D eigenvalue weighted by Crippen LogP contribution is -2.27. The number of nitrogens with zero attached hydrogens (tertiary/aromatic N) is 3. The predicted molar refractivity (Wildman–Crippen MR) is 107 cm³/mol. The third-order valence-electron chi connectivity index (χ3n) is 5.70. The van der Waals surface area contributed by atoms with Crippen molar-refractivity contribution >= 4 is 33.4 Å². The zero-order valence-electron chi connectivity index (χ0n) is 15.2. The Labute approximate surface area is 154 Å². The number of benzene rings is 1. The zero-order valence-corrected chi connectivity index (χ0v) is 15.9. The summed E-state index contributed by atoms with van der Waals surface area (Å²) in [4.78, 5) is 7.21. The molecule has 0 saturated carbocycles. The van der Waals surface area contributed by atoms with Gasteiger partial charge in [-0.2, -0.15) is 0 Å². The fourth-order valence-corrected chi connectivity index (χ4v) is 4.47. The van der Waals surface area contributed by atoms with Gasteiger partial charge in [0.1, 0.15) is 0 Å². The van der Waals surface area contributed by atoms with Crippen molar-refractivity contribution in [1.29, 1.82) is 0 Å². The van der Waals surface area contributed by atoms with Gasteiger partial charge in [-0.3, -0.25) is 4.98 Å². The monoisotopic (exact) mass is 355 g/mol. The number of pyridine rings is 1. The molecule has 25 heavy (non-hydrogen) atoms. The van der Waals surface area contributed by atoms with Crippen LogP contribution < -0.4 is 0 Å². The maximum absolute atomic E-state index is 6.20. The second kappa shape index (κ2) is 6.97. The van der Waals surface area contributed by atoms with Crippen LogP contribution in [0.2, 0.25) is 5.02 Å². The highest BCUT2D eigenvalue weighted by Gasteiger charge is 2.22. The summed E-state index contributed by atoms with van der Waals surface area (Å²) in [6.45, 7) is 8.85. The molecule has 4 heteroatoms. The summed E-state index contributed by atoms with van der Waals surface area (Å²) in [5.74, 6) is 0. The molecule has 0 N–H and O–H groups in total. The lowest BCUT2D eigenvalue weighted by molar-refractivity contribution is 0.290.